The fraction of sp³-hybridized carbons (Fsp3) is 0.938. The molecule has 0 aromatic heterocycles. The monoisotopic (exact) mass is 304 g/mol. The van der Waals surface area contributed by atoms with Gasteiger partial charge in [-0.05, 0) is 38.8 Å². The lowest BCUT2D eigenvalue weighted by molar-refractivity contribution is -0.125. The molecule has 1 aliphatic carbocycles. The van der Waals surface area contributed by atoms with E-state index in [9.17, 15) is 4.79 Å². The number of carbonyl (C=O) groups is 1. The fourth-order valence-electron chi connectivity index (χ4n) is 3.15. The van der Waals surface area contributed by atoms with Gasteiger partial charge in [-0.15, -0.1) is 12.4 Å². The van der Waals surface area contributed by atoms with Crippen LogP contribution in [0.4, 0.5) is 0 Å². The van der Waals surface area contributed by atoms with Gasteiger partial charge in [-0.2, -0.15) is 0 Å². The molecule has 3 nitrogen and oxygen atoms in total. The van der Waals surface area contributed by atoms with Crippen LogP contribution < -0.4 is 10.6 Å². The minimum atomic E-state index is 0. The van der Waals surface area contributed by atoms with Crippen molar-refractivity contribution in [1.82, 2.24) is 10.6 Å². The molecule has 0 spiro atoms. The van der Waals surface area contributed by atoms with E-state index in [0.717, 1.165) is 44.7 Å². The van der Waals surface area contributed by atoms with Gasteiger partial charge >= 0.3 is 0 Å². The van der Waals surface area contributed by atoms with Gasteiger partial charge in [-0.1, -0.05) is 45.4 Å². The van der Waals surface area contributed by atoms with Gasteiger partial charge in [0.2, 0.25) is 5.91 Å². The Morgan fingerprint density at radius 3 is 2.50 bits per heavy atom. The molecule has 1 aliphatic rings. The summed E-state index contributed by atoms with van der Waals surface area (Å²) in [5.74, 6) is 1.35. The van der Waals surface area contributed by atoms with E-state index in [1.807, 2.05) is 7.05 Å². The van der Waals surface area contributed by atoms with Crippen LogP contribution in [0.1, 0.15) is 64.7 Å². The largest absolute Gasteiger partial charge is 0.356 e. The second kappa shape index (κ2) is 12.5. The molecule has 0 saturated heterocycles. The third-order valence-electron chi connectivity index (χ3n) is 4.25. The van der Waals surface area contributed by atoms with Crippen molar-refractivity contribution < 1.29 is 4.79 Å². The summed E-state index contributed by atoms with van der Waals surface area (Å²) in [5.41, 5.74) is 0. The Balaban J connectivity index is 0.00000361. The van der Waals surface area contributed by atoms with Gasteiger partial charge in [0, 0.05) is 12.5 Å². The van der Waals surface area contributed by atoms with Crippen LogP contribution in [0.2, 0.25) is 0 Å². The van der Waals surface area contributed by atoms with Crippen molar-refractivity contribution in [2.45, 2.75) is 64.7 Å². The number of carbonyl (C=O) groups excluding carboxylic acids is 1. The van der Waals surface area contributed by atoms with Crippen molar-refractivity contribution in [2.24, 2.45) is 11.8 Å². The van der Waals surface area contributed by atoms with E-state index in [0.29, 0.717) is 5.91 Å². The summed E-state index contributed by atoms with van der Waals surface area (Å²) in [7, 11) is 1.95. The number of amides is 1. The Kier molecular flexibility index (Phi) is 12.3. The molecule has 2 N–H and O–H groups in total. The highest BCUT2D eigenvalue weighted by atomic mass is 35.5. The minimum Gasteiger partial charge on any atom is -0.356 e. The van der Waals surface area contributed by atoms with Crippen molar-refractivity contribution in [1.29, 1.82) is 0 Å². The molecule has 4 heteroatoms. The maximum atomic E-state index is 12.2. The van der Waals surface area contributed by atoms with Crippen LogP contribution in [0.15, 0.2) is 0 Å². The molecule has 1 saturated carbocycles. The van der Waals surface area contributed by atoms with Crippen molar-refractivity contribution in [2.75, 3.05) is 20.1 Å². The topological polar surface area (TPSA) is 41.1 Å². The van der Waals surface area contributed by atoms with Crippen LogP contribution in [0.3, 0.4) is 0 Å². The van der Waals surface area contributed by atoms with Gasteiger partial charge in [-0.25, -0.2) is 0 Å². The number of nitrogens with one attached hydrogen (secondary N) is 2. The average Bonchev–Trinajstić information content (AvgIpc) is 2.44. The average molecular weight is 305 g/mol. The Labute approximate surface area is 131 Å². The van der Waals surface area contributed by atoms with Crippen LogP contribution >= 0.6 is 12.4 Å². The van der Waals surface area contributed by atoms with Gasteiger partial charge in [0.25, 0.3) is 0 Å². The lowest BCUT2D eigenvalue weighted by Crippen LogP contribution is -2.33. The van der Waals surface area contributed by atoms with Crippen molar-refractivity contribution in [3.63, 3.8) is 0 Å². The molecule has 0 heterocycles. The molecule has 1 atom stereocenters. The van der Waals surface area contributed by atoms with Crippen LogP contribution in [-0.4, -0.2) is 26.0 Å². The highest BCUT2D eigenvalue weighted by Gasteiger charge is 2.23. The first kappa shape index (κ1) is 19.7. The van der Waals surface area contributed by atoms with E-state index >= 15 is 0 Å². The summed E-state index contributed by atoms with van der Waals surface area (Å²) < 4.78 is 0. The Morgan fingerprint density at radius 1 is 1.20 bits per heavy atom. The summed E-state index contributed by atoms with van der Waals surface area (Å²) in [6, 6.07) is 0. The van der Waals surface area contributed by atoms with E-state index in [1.54, 1.807) is 0 Å². The highest BCUT2D eigenvalue weighted by Crippen LogP contribution is 2.30. The van der Waals surface area contributed by atoms with Crippen molar-refractivity contribution in [3.8, 4) is 0 Å². The second-order valence-corrected chi connectivity index (χ2v) is 5.97. The smallest absolute Gasteiger partial charge is 0.223 e. The fourth-order valence-corrected chi connectivity index (χ4v) is 3.15. The number of hydrogen-bond donors (Lipinski definition) is 2. The Bertz CT molecular complexity index is 243. The molecule has 0 aliphatic heterocycles. The molecule has 1 fully saturated rings. The summed E-state index contributed by atoms with van der Waals surface area (Å²) >= 11 is 0. The molecule has 0 aromatic rings. The molecule has 1 unspecified atom stereocenters. The third-order valence-corrected chi connectivity index (χ3v) is 4.25. The third kappa shape index (κ3) is 8.11. The molecular weight excluding hydrogens is 272 g/mol. The Hall–Kier alpha value is -0.280. The molecule has 0 bridgehead atoms. The summed E-state index contributed by atoms with van der Waals surface area (Å²) in [4.78, 5) is 12.2. The molecule has 1 rings (SSSR count). The lowest BCUT2D eigenvalue weighted by Gasteiger charge is -2.26. The van der Waals surface area contributed by atoms with E-state index in [1.165, 1.54) is 32.1 Å². The molecule has 0 aromatic carbocycles. The first-order valence-electron chi connectivity index (χ1n) is 8.20. The van der Waals surface area contributed by atoms with E-state index in [4.69, 9.17) is 0 Å². The summed E-state index contributed by atoms with van der Waals surface area (Å²) in [5, 5.41) is 6.22. The van der Waals surface area contributed by atoms with Gasteiger partial charge in [0.1, 0.15) is 0 Å². The maximum absolute atomic E-state index is 12.2. The predicted molar refractivity (Wildman–Crippen MR) is 88.4 cm³/mol. The molecular formula is C16H33ClN2O. The standard InChI is InChI=1S/C16H32N2O.ClH/c1-3-8-15(13-14-9-5-4-6-10-14)16(19)18-12-7-11-17-2;/h14-15,17H,3-13H2,1-2H3,(H,18,19);1H. The van der Waals surface area contributed by atoms with Crippen molar-refractivity contribution in [3.05, 3.63) is 0 Å². The minimum absolute atomic E-state index is 0. The summed E-state index contributed by atoms with van der Waals surface area (Å²) in [6.07, 6.45) is 11.1. The van der Waals surface area contributed by atoms with Gasteiger partial charge in [-0.3, -0.25) is 4.79 Å². The van der Waals surface area contributed by atoms with E-state index in [-0.39, 0.29) is 18.3 Å². The van der Waals surface area contributed by atoms with Crippen LogP contribution in [-0.2, 0) is 4.79 Å². The zero-order valence-corrected chi connectivity index (χ0v) is 14.1. The zero-order valence-electron chi connectivity index (χ0n) is 13.2. The first-order chi connectivity index (χ1) is 9.27. The van der Waals surface area contributed by atoms with E-state index < -0.39 is 0 Å². The van der Waals surface area contributed by atoms with Gasteiger partial charge in [0.15, 0.2) is 0 Å². The molecule has 1 amide bonds. The maximum Gasteiger partial charge on any atom is 0.223 e. The number of rotatable bonds is 9. The lowest BCUT2D eigenvalue weighted by atomic mass is 9.81. The van der Waals surface area contributed by atoms with Crippen LogP contribution in [0, 0.1) is 11.8 Å². The van der Waals surface area contributed by atoms with Crippen LogP contribution in [0.5, 0.6) is 0 Å². The first-order valence-corrected chi connectivity index (χ1v) is 8.20. The van der Waals surface area contributed by atoms with Crippen LogP contribution in [0.25, 0.3) is 0 Å². The number of hydrogen-bond acceptors (Lipinski definition) is 2. The molecule has 120 valence electrons. The van der Waals surface area contributed by atoms with Gasteiger partial charge in [0.05, 0.1) is 0 Å². The number of halogens is 1. The van der Waals surface area contributed by atoms with E-state index in [2.05, 4.69) is 17.6 Å². The quantitative estimate of drug-likeness (QED) is 0.640. The van der Waals surface area contributed by atoms with Gasteiger partial charge < -0.3 is 10.6 Å². The highest BCUT2D eigenvalue weighted by molar-refractivity contribution is 5.85. The predicted octanol–water partition coefficient (Wildman–Crippen LogP) is 3.52. The second-order valence-electron chi connectivity index (χ2n) is 5.97. The zero-order chi connectivity index (χ0) is 13.9. The molecule has 20 heavy (non-hydrogen) atoms. The SMILES string of the molecule is CCCC(CC1CCCCC1)C(=O)NCCCNC.Cl. The normalized spacial score (nSPS) is 17.3. The Morgan fingerprint density at radius 2 is 1.90 bits per heavy atom. The summed E-state index contributed by atoms with van der Waals surface area (Å²) in [6.45, 7) is 3.97. The molecule has 0 radical (unpaired) electrons. The van der Waals surface area contributed by atoms with Crippen molar-refractivity contribution >= 4 is 18.3 Å².